The lowest BCUT2D eigenvalue weighted by molar-refractivity contribution is 0.667. The SMILES string of the molecule is NC(Cc1ccncc1Cl)Cc1cccc2ccccc12. The summed E-state index contributed by atoms with van der Waals surface area (Å²) in [7, 11) is 0. The molecule has 0 amide bonds. The Morgan fingerprint density at radius 2 is 1.71 bits per heavy atom. The standard InChI is InChI=1S/C18H17ClN2/c19-18-12-21-9-8-15(18)11-16(20)10-14-6-3-5-13-4-1-2-7-17(13)14/h1-9,12,16H,10-11,20H2. The minimum atomic E-state index is 0.0377. The fraction of sp³-hybridized carbons (Fsp3) is 0.167. The lowest BCUT2D eigenvalue weighted by Gasteiger charge is -2.14. The molecule has 21 heavy (non-hydrogen) atoms. The number of fused-ring (bicyclic) bond motifs is 1. The fourth-order valence-corrected chi connectivity index (χ4v) is 2.87. The van der Waals surface area contributed by atoms with Crippen molar-refractivity contribution >= 4 is 22.4 Å². The van der Waals surface area contributed by atoms with Gasteiger partial charge in [-0.3, -0.25) is 4.98 Å². The molecule has 2 aromatic carbocycles. The monoisotopic (exact) mass is 296 g/mol. The van der Waals surface area contributed by atoms with Crippen molar-refractivity contribution in [3.8, 4) is 0 Å². The Hall–Kier alpha value is -1.90. The van der Waals surface area contributed by atoms with Crippen LogP contribution in [-0.4, -0.2) is 11.0 Å². The fourth-order valence-electron chi connectivity index (χ4n) is 2.68. The number of halogens is 1. The molecule has 0 spiro atoms. The zero-order valence-corrected chi connectivity index (χ0v) is 12.4. The smallest absolute Gasteiger partial charge is 0.0621 e. The Kier molecular flexibility index (Phi) is 4.18. The van der Waals surface area contributed by atoms with Crippen LogP contribution in [0.25, 0.3) is 10.8 Å². The van der Waals surface area contributed by atoms with Crippen molar-refractivity contribution in [2.45, 2.75) is 18.9 Å². The summed E-state index contributed by atoms with van der Waals surface area (Å²) in [6, 6.07) is 16.7. The van der Waals surface area contributed by atoms with Crippen LogP contribution in [0.15, 0.2) is 60.9 Å². The van der Waals surface area contributed by atoms with Gasteiger partial charge in [0.15, 0.2) is 0 Å². The first-order valence-corrected chi connectivity index (χ1v) is 7.42. The van der Waals surface area contributed by atoms with E-state index >= 15 is 0 Å². The van der Waals surface area contributed by atoms with Crippen molar-refractivity contribution < 1.29 is 0 Å². The Morgan fingerprint density at radius 3 is 2.57 bits per heavy atom. The quantitative estimate of drug-likeness (QED) is 0.790. The number of pyridine rings is 1. The van der Waals surface area contributed by atoms with Crippen molar-refractivity contribution in [1.82, 2.24) is 4.98 Å². The third kappa shape index (κ3) is 3.23. The van der Waals surface area contributed by atoms with Crippen LogP contribution in [0, 0.1) is 0 Å². The molecule has 1 atom stereocenters. The van der Waals surface area contributed by atoms with Crippen molar-refractivity contribution in [2.75, 3.05) is 0 Å². The summed E-state index contributed by atoms with van der Waals surface area (Å²) in [5.41, 5.74) is 8.66. The van der Waals surface area contributed by atoms with E-state index in [1.165, 1.54) is 16.3 Å². The third-order valence-corrected chi connectivity index (χ3v) is 4.04. The van der Waals surface area contributed by atoms with Gasteiger partial charge in [-0.1, -0.05) is 54.1 Å². The summed E-state index contributed by atoms with van der Waals surface area (Å²) in [6.07, 6.45) is 5.01. The van der Waals surface area contributed by atoms with E-state index in [0.717, 1.165) is 18.4 Å². The van der Waals surface area contributed by atoms with E-state index in [0.29, 0.717) is 5.02 Å². The van der Waals surface area contributed by atoms with E-state index < -0.39 is 0 Å². The van der Waals surface area contributed by atoms with Crippen LogP contribution in [-0.2, 0) is 12.8 Å². The molecule has 3 heteroatoms. The van der Waals surface area contributed by atoms with Crippen molar-refractivity contribution in [3.63, 3.8) is 0 Å². The van der Waals surface area contributed by atoms with E-state index in [-0.39, 0.29) is 6.04 Å². The van der Waals surface area contributed by atoms with Gasteiger partial charge in [0.1, 0.15) is 0 Å². The second-order valence-corrected chi connectivity index (χ2v) is 5.68. The van der Waals surface area contributed by atoms with Crippen LogP contribution in [0.1, 0.15) is 11.1 Å². The van der Waals surface area contributed by atoms with Crippen molar-refractivity contribution in [2.24, 2.45) is 5.73 Å². The number of aromatic nitrogens is 1. The third-order valence-electron chi connectivity index (χ3n) is 3.70. The average Bonchev–Trinajstić information content (AvgIpc) is 2.50. The van der Waals surface area contributed by atoms with Gasteiger partial charge in [-0.2, -0.15) is 0 Å². The van der Waals surface area contributed by atoms with E-state index in [2.05, 4.69) is 47.4 Å². The van der Waals surface area contributed by atoms with Gasteiger partial charge in [0, 0.05) is 18.4 Å². The highest BCUT2D eigenvalue weighted by molar-refractivity contribution is 6.31. The zero-order chi connectivity index (χ0) is 14.7. The van der Waals surface area contributed by atoms with Crippen molar-refractivity contribution in [3.05, 3.63) is 77.1 Å². The number of benzene rings is 2. The van der Waals surface area contributed by atoms with Gasteiger partial charge in [-0.05, 0) is 40.8 Å². The van der Waals surface area contributed by atoms with Crippen LogP contribution in [0.3, 0.4) is 0 Å². The number of nitrogens with zero attached hydrogens (tertiary/aromatic N) is 1. The Morgan fingerprint density at radius 1 is 0.952 bits per heavy atom. The zero-order valence-electron chi connectivity index (χ0n) is 11.7. The first kappa shape index (κ1) is 14.1. The summed E-state index contributed by atoms with van der Waals surface area (Å²) in [6.45, 7) is 0. The molecular formula is C18H17ClN2. The second-order valence-electron chi connectivity index (χ2n) is 5.27. The molecule has 1 heterocycles. The molecule has 0 saturated carbocycles. The van der Waals surface area contributed by atoms with Gasteiger partial charge in [0.25, 0.3) is 0 Å². The number of hydrogen-bond donors (Lipinski definition) is 1. The highest BCUT2D eigenvalue weighted by atomic mass is 35.5. The first-order valence-electron chi connectivity index (χ1n) is 7.04. The molecule has 0 bridgehead atoms. The maximum Gasteiger partial charge on any atom is 0.0621 e. The summed E-state index contributed by atoms with van der Waals surface area (Å²) >= 11 is 6.15. The molecule has 2 N–H and O–H groups in total. The lowest BCUT2D eigenvalue weighted by atomic mass is 9.96. The summed E-state index contributed by atoms with van der Waals surface area (Å²) in [5.74, 6) is 0. The van der Waals surface area contributed by atoms with Gasteiger partial charge < -0.3 is 5.73 Å². The van der Waals surface area contributed by atoms with Gasteiger partial charge in [0.2, 0.25) is 0 Å². The van der Waals surface area contributed by atoms with E-state index in [1.807, 2.05) is 6.07 Å². The molecule has 2 nitrogen and oxygen atoms in total. The molecule has 3 rings (SSSR count). The molecule has 0 aliphatic carbocycles. The number of nitrogens with two attached hydrogens (primary N) is 1. The highest BCUT2D eigenvalue weighted by Crippen LogP contribution is 2.21. The molecule has 3 aromatic rings. The Balaban J connectivity index is 1.81. The van der Waals surface area contributed by atoms with Crippen LogP contribution < -0.4 is 5.73 Å². The summed E-state index contributed by atoms with van der Waals surface area (Å²) in [5, 5.41) is 3.21. The van der Waals surface area contributed by atoms with Crippen LogP contribution in [0.4, 0.5) is 0 Å². The minimum absolute atomic E-state index is 0.0377. The van der Waals surface area contributed by atoms with Crippen molar-refractivity contribution in [1.29, 1.82) is 0 Å². The van der Waals surface area contributed by atoms with E-state index in [1.54, 1.807) is 12.4 Å². The normalized spacial score (nSPS) is 12.5. The Bertz CT molecular complexity index is 750. The topological polar surface area (TPSA) is 38.9 Å². The molecule has 1 aromatic heterocycles. The molecule has 0 fully saturated rings. The molecule has 0 saturated heterocycles. The second kappa shape index (κ2) is 6.25. The van der Waals surface area contributed by atoms with Crippen LogP contribution in [0.5, 0.6) is 0 Å². The largest absolute Gasteiger partial charge is 0.327 e. The maximum absolute atomic E-state index is 6.32. The molecule has 0 aliphatic heterocycles. The van der Waals surface area contributed by atoms with Crippen LogP contribution in [0.2, 0.25) is 5.02 Å². The molecule has 0 aliphatic rings. The first-order chi connectivity index (χ1) is 10.2. The average molecular weight is 297 g/mol. The Labute approximate surface area is 129 Å². The molecular weight excluding hydrogens is 280 g/mol. The van der Waals surface area contributed by atoms with Gasteiger partial charge in [0.05, 0.1) is 5.02 Å². The van der Waals surface area contributed by atoms with Crippen LogP contribution >= 0.6 is 11.6 Å². The predicted octanol–water partition coefficient (Wildman–Crippen LogP) is 4.00. The summed E-state index contributed by atoms with van der Waals surface area (Å²) in [4.78, 5) is 4.00. The minimum Gasteiger partial charge on any atom is -0.327 e. The van der Waals surface area contributed by atoms with E-state index in [4.69, 9.17) is 17.3 Å². The molecule has 0 radical (unpaired) electrons. The highest BCUT2D eigenvalue weighted by Gasteiger charge is 2.10. The van der Waals surface area contributed by atoms with Gasteiger partial charge in [-0.15, -0.1) is 0 Å². The molecule has 106 valence electrons. The predicted molar refractivity (Wildman–Crippen MR) is 88.6 cm³/mol. The van der Waals surface area contributed by atoms with E-state index in [9.17, 15) is 0 Å². The van der Waals surface area contributed by atoms with Gasteiger partial charge >= 0.3 is 0 Å². The number of hydrogen-bond acceptors (Lipinski definition) is 2. The summed E-state index contributed by atoms with van der Waals surface area (Å²) < 4.78 is 0. The molecule has 1 unspecified atom stereocenters. The maximum atomic E-state index is 6.32. The lowest BCUT2D eigenvalue weighted by Crippen LogP contribution is -2.25. The number of rotatable bonds is 4. The van der Waals surface area contributed by atoms with Gasteiger partial charge in [-0.25, -0.2) is 0 Å².